The summed E-state index contributed by atoms with van der Waals surface area (Å²) in [4.78, 5) is 31.3. The second-order valence-corrected chi connectivity index (χ2v) is 8.14. The number of ether oxygens (including phenoxy) is 1. The molecule has 3 aromatic rings. The third kappa shape index (κ3) is 5.77. The van der Waals surface area contributed by atoms with Crippen molar-refractivity contribution in [3.8, 4) is 11.6 Å². The van der Waals surface area contributed by atoms with Crippen LogP contribution in [0.15, 0.2) is 54.9 Å². The average Bonchev–Trinajstić information content (AvgIpc) is 3.30. The van der Waals surface area contributed by atoms with Crippen LogP contribution in [0.1, 0.15) is 28.5 Å². The van der Waals surface area contributed by atoms with E-state index in [9.17, 15) is 22.8 Å². The monoisotopic (exact) mass is 489 g/mol. The number of pyridine rings is 1. The number of amides is 1. The molecule has 0 bridgehead atoms. The summed E-state index contributed by atoms with van der Waals surface area (Å²) in [5.41, 5.74) is -0.113. The molecule has 1 amide bonds. The highest BCUT2D eigenvalue weighted by molar-refractivity contribution is 5.86. The van der Waals surface area contributed by atoms with Crippen molar-refractivity contribution in [3.63, 3.8) is 0 Å². The van der Waals surface area contributed by atoms with Gasteiger partial charge in [-0.25, -0.2) is 14.6 Å². The van der Waals surface area contributed by atoms with Crippen LogP contribution >= 0.6 is 0 Å². The Morgan fingerprint density at radius 3 is 2.60 bits per heavy atom. The van der Waals surface area contributed by atoms with Gasteiger partial charge in [-0.2, -0.15) is 23.0 Å². The van der Waals surface area contributed by atoms with Crippen molar-refractivity contribution in [3.05, 3.63) is 71.7 Å². The number of hydrogen-bond acceptors (Lipinski definition) is 6. The van der Waals surface area contributed by atoms with Gasteiger partial charge in [0.1, 0.15) is 5.75 Å². The molecule has 12 heteroatoms. The molecule has 1 fully saturated rings. The second kappa shape index (κ2) is 9.74. The van der Waals surface area contributed by atoms with Crippen LogP contribution in [0.3, 0.4) is 0 Å². The number of carbonyl (C=O) groups is 2. The number of benzene rings is 1. The lowest BCUT2D eigenvalue weighted by Crippen LogP contribution is -2.54. The van der Waals surface area contributed by atoms with E-state index < -0.39 is 17.7 Å². The van der Waals surface area contributed by atoms with E-state index in [4.69, 9.17) is 9.84 Å². The van der Waals surface area contributed by atoms with Gasteiger partial charge in [-0.3, -0.25) is 4.90 Å². The maximum Gasteiger partial charge on any atom is 0.417 e. The van der Waals surface area contributed by atoms with Gasteiger partial charge in [0, 0.05) is 50.7 Å². The maximum absolute atomic E-state index is 12.7. The van der Waals surface area contributed by atoms with Gasteiger partial charge in [0.25, 0.3) is 0 Å². The topological polar surface area (TPSA) is 101 Å². The van der Waals surface area contributed by atoms with Crippen LogP contribution < -0.4 is 4.74 Å². The Balaban J connectivity index is 1.35. The van der Waals surface area contributed by atoms with Crippen molar-refractivity contribution in [2.45, 2.75) is 25.7 Å². The van der Waals surface area contributed by atoms with Gasteiger partial charge >= 0.3 is 18.2 Å². The standard InChI is InChI=1S/C23H22F3N5O4/c1-15-13-29(9-10-30(15)22(34)31-8-7-19(28-31)21(32)33)14-16-3-2-4-18(11-16)35-20-6-5-17(12-27-20)23(24,25)26/h2-8,11-12,15H,9-10,13-14H2,1H3,(H,32,33)/t15-/m1/s1. The predicted molar refractivity (Wildman–Crippen MR) is 117 cm³/mol. The molecule has 1 atom stereocenters. The Bertz CT molecular complexity index is 1210. The molecule has 9 nitrogen and oxygen atoms in total. The summed E-state index contributed by atoms with van der Waals surface area (Å²) in [6.45, 7) is 4.10. The van der Waals surface area contributed by atoms with Crippen molar-refractivity contribution in [2.75, 3.05) is 19.6 Å². The average molecular weight is 489 g/mol. The first kappa shape index (κ1) is 24.2. The molecule has 0 aliphatic carbocycles. The van der Waals surface area contributed by atoms with Crippen LogP contribution in [-0.2, 0) is 12.7 Å². The first-order valence-electron chi connectivity index (χ1n) is 10.7. The molecule has 1 aromatic carbocycles. The normalized spacial score (nSPS) is 16.8. The highest BCUT2D eigenvalue weighted by Gasteiger charge is 2.31. The third-order valence-corrected chi connectivity index (χ3v) is 5.55. The van der Waals surface area contributed by atoms with Gasteiger partial charge in [-0.1, -0.05) is 12.1 Å². The lowest BCUT2D eigenvalue weighted by Gasteiger charge is -2.39. The molecule has 1 saturated heterocycles. The fourth-order valence-electron chi connectivity index (χ4n) is 3.83. The molecule has 0 unspecified atom stereocenters. The maximum atomic E-state index is 12.7. The van der Waals surface area contributed by atoms with Crippen molar-refractivity contribution in [1.29, 1.82) is 0 Å². The molecule has 1 aliphatic rings. The lowest BCUT2D eigenvalue weighted by atomic mass is 10.1. The van der Waals surface area contributed by atoms with Crippen molar-refractivity contribution < 1.29 is 32.6 Å². The third-order valence-electron chi connectivity index (χ3n) is 5.55. The molecule has 0 radical (unpaired) electrons. The summed E-state index contributed by atoms with van der Waals surface area (Å²) in [6, 6.07) is 10.0. The van der Waals surface area contributed by atoms with Crippen LogP contribution in [0.5, 0.6) is 11.6 Å². The van der Waals surface area contributed by atoms with E-state index in [-0.39, 0.29) is 23.6 Å². The van der Waals surface area contributed by atoms with Gasteiger partial charge in [-0.05, 0) is 36.8 Å². The number of carboxylic acids is 1. The van der Waals surface area contributed by atoms with E-state index in [1.54, 1.807) is 23.1 Å². The van der Waals surface area contributed by atoms with Gasteiger partial charge in [0.2, 0.25) is 5.88 Å². The number of aromatic nitrogens is 3. The number of halogens is 3. The lowest BCUT2D eigenvalue weighted by molar-refractivity contribution is -0.137. The first-order valence-corrected chi connectivity index (χ1v) is 10.7. The van der Waals surface area contributed by atoms with Crippen LogP contribution in [0.2, 0.25) is 0 Å². The van der Waals surface area contributed by atoms with Crippen molar-refractivity contribution >= 4 is 12.0 Å². The minimum atomic E-state index is -4.46. The minimum absolute atomic E-state index is 0.0561. The number of nitrogens with zero attached hydrogens (tertiary/aromatic N) is 5. The van der Waals surface area contributed by atoms with Crippen LogP contribution in [-0.4, -0.2) is 67.3 Å². The summed E-state index contributed by atoms with van der Waals surface area (Å²) in [7, 11) is 0. The van der Waals surface area contributed by atoms with E-state index in [1.807, 2.05) is 13.0 Å². The Morgan fingerprint density at radius 2 is 1.97 bits per heavy atom. The minimum Gasteiger partial charge on any atom is -0.476 e. The van der Waals surface area contributed by atoms with Crippen LogP contribution in [0.25, 0.3) is 0 Å². The molecule has 184 valence electrons. The van der Waals surface area contributed by atoms with Gasteiger partial charge in [0.05, 0.1) is 5.56 Å². The first-order chi connectivity index (χ1) is 16.6. The van der Waals surface area contributed by atoms with Gasteiger partial charge in [-0.15, -0.1) is 0 Å². The Labute approximate surface area is 198 Å². The zero-order valence-electron chi connectivity index (χ0n) is 18.6. The summed E-state index contributed by atoms with van der Waals surface area (Å²) in [6.07, 6.45) is -2.40. The Kier molecular flexibility index (Phi) is 6.74. The summed E-state index contributed by atoms with van der Waals surface area (Å²) in [5.74, 6) is -0.695. The largest absolute Gasteiger partial charge is 0.476 e. The predicted octanol–water partition coefficient (Wildman–Crippen LogP) is 3.96. The zero-order valence-corrected chi connectivity index (χ0v) is 18.6. The van der Waals surface area contributed by atoms with Crippen LogP contribution in [0.4, 0.5) is 18.0 Å². The smallest absolute Gasteiger partial charge is 0.417 e. The van der Waals surface area contributed by atoms with E-state index in [0.717, 1.165) is 22.5 Å². The van der Waals surface area contributed by atoms with E-state index in [2.05, 4.69) is 15.0 Å². The molecular formula is C23H22F3N5O4. The Hall–Kier alpha value is -3.93. The quantitative estimate of drug-likeness (QED) is 0.579. The fraction of sp³-hybridized carbons (Fsp3) is 0.304. The number of rotatable bonds is 5. The number of aromatic carboxylic acids is 1. The fourth-order valence-corrected chi connectivity index (χ4v) is 3.83. The second-order valence-electron chi connectivity index (χ2n) is 8.14. The molecule has 1 N–H and O–H groups in total. The summed E-state index contributed by atoms with van der Waals surface area (Å²) >= 11 is 0. The molecule has 4 rings (SSSR count). The molecule has 1 aliphatic heterocycles. The number of alkyl halides is 3. The molecular weight excluding hydrogens is 467 g/mol. The van der Waals surface area contributed by atoms with Crippen molar-refractivity contribution in [1.82, 2.24) is 24.6 Å². The summed E-state index contributed by atoms with van der Waals surface area (Å²) < 4.78 is 44.7. The molecule has 2 aromatic heterocycles. The van der Waals surface area contributed by atoms with Crippen molar-refractivity contribution in [2.24, 2.45) is 0 Å². The number of carboxylic acid groups (broad SMARTS) is 1. The number of carbonyl (C=O) groups excluding carboxylic acids is 1. The summed E-state index contributed by atoms with van der Waals surface area (Å²) in [5, 5.41) is 12.8. The van der Waals surface area contributed by atoms with Gasteiger partial charge < -0.3 is 14.7 Å². The Morgan fingerprint density at radius 1 is 1.17 bits per heavy atom. The zero-order chi connectivity index (χ0) is 25.2. The number of hydrogen-bond donors (Lipinski definition) is 1. The molecule has 0 saturated carbocycles. The van der Waals surface area contributed by atoms with E-state index >= 15 is 0 Å². The molecule has 35 heavy (non-hydrogen) atoms. The van der Waals surface area contributed by atoms with Crippen LogP contribution in [0, 0.1) is 0 Å². The van der Waals surface area contributed by atoms with E-state index in [0.29, 0.717) is 31.9 Å². The SMILES string of the molecule is C[C@@H]1CN(Cc2cccc(Oc3ccc(C(F)(F)F)cn3)c2)CCN1C(=O)n1ccc(C(=O)O)n1. The van der Waals surface area contributed by atoms with E-state index in [1.165, 1.54) is 18.3 Å². The highest BCUT2D eigenvalue weighted by Crippen LogP contribution is 2.30. The molecule has 0 spiro atoms. The highest BCUT2D eigenvalue weighted by atomic mass is 19.4. The van der Waals surface area contributed by atoms with Gasteiger partial charge in [0.15, 0.2) is 5.69 Å². The number of piperazine rings is 1. The molecule has 3 heterocycles.